The highest BCUT2D eigenvalue weighted by atomic mass is 79.9. The molecule has 1 aromatic heterocycles. The molecule has 5 aromatic rings. The van der Waals surface area contributed by atoms with Crippen molar-refractivity contribution in [2.24, 2.45) is 0 Å². The molecular formula is C31H16Br2O. The van der Waals surface area contributed by atoms with E-state index >= 15 is 0 Å². The number of furan rings is 1. The lowest BCUT2D eigenvalue weighted by Gasteiger charge is -2.34. The molecule has 0 saturated heterocycles. The zero-order valence-corrected chi connectivity index (χ0v) is 21.1. The van der Waals surface area contributed by atoms with Crippen LogP contribution in [-0.4, -0.2) is 0 Å². The van der Waals surface area contributed by atoms with E-state index in [1.54, 1.807) is 0 Å². The smallest absolute Gasteiger partial charge is 0.143 e. The summed E-state index contributed by atoms with van der Waals surface area (Å²) >= 11 is 7.80. The van der Waals surface area contributed by atoms with E-state index in [0.717, 1.165) is 30.9 Å². The molecule has 3 heteroatoms. The first-order chi connectivity index (χ1) is 16.7. The Labute approximate surface area is 213 Å². The van der Waals surface area contributed by atoms with Gasteiger partial charge in [0.15, 0.2) is 0 Å². The summed E-state index contributed by atoms with van der Waals surface area (Å²) in [7, 11) is 0. The van der Waals surface area contributed by atoms with E-state index in [0.29, 0.717) is 0 Å². The van der Waals surface area contributed by atoms with Crippen LogP contribution in [0.2, 0.25) is 0 Å². The first-order valence-electron chi connectivity index (χ1n) is 11.3. The third kappa shape index (κ3) is 2.20. The normalized spacial score (nSPS) is 16.7. The lowest BCUT2D eigenvalue weighted by molar-refractivity contribution is 0.667. The van der Waals surface area contributed by atoms with Crippen molar-refractivity contribution in [3.05, 3.63) is 128 Å². The maximum atomic E-state index is 6.49. The highest BCUT2D eigenvalue weighted by Gasteiger charge is 2.49. The Hall–Kier alpha value is -3.14. The van der Waals surface area contributed by atoms with Crippen LogP contribution in [0.15, 0.2) is 110 Å². The van der Waals surface area contributed by atoms with Crippen molar-refractivity contribution in [1.29, 1.82) is 0 Å². The van der Waals surface area contributed by atoms with Gasteiger partial charge in [-0.15, -0.1) is 0 Å². The highest BCUT2D eigenvalue weighted by Crippen LogP contribution is 2.62. The van der Waals surface area contributed by atoms with Crippen LogP contribution in [0.25, 0.3) is 44.7 Å². The first-order valence-corrected chi connectivity index (χ1v) is 12.9. The predicted octanol–water partition coefficient (Wildman–Crippen LogP) is 9.39. The molecule has 160 valence electrons. The third-order valence-corrected chi connectivity index (χ3v) is 8.68. The molecule has 0 saturated carbocycles. The molecule has 0 unspecified atom stereocenters. The summed E-state index contributed by atoms with van der Waals surface area (Å²) in [5, 5.41) is 2.29. The molecular weight excluding hydrogens is 548 g/mol. The summed E-state index contributed by atoms with van der Waals surface area (Å²) in [4.78, 5) is 0. The molecule has 1 spiro atoms. The second kappa shape index (κ2) is 6.50. The van der Waals surface area contributed by atoms with E-state index in [9.17, 15) is 0 Å². The molecule has 34 heavy (non-hydrogen) atoms. The van der Waals surface area contributed by atoms with Crippen LogP contribution in [0.5, 0.6) is 0 Å². The maximum Gasteiger partial charge on any atom is 0.143 e. The van der Waals surface area contributed by atoms with Crippen LogP contribution < -0.4 is 0 Å². The molecule has 0 aliphatic heterocycles. The van der Waals surface area contributed by atoms with Crippen LogP contribution >= 0.6 is 31.9 Å². The van der Waals surface area contributed by atoms with Gasteiger partial charge in [-0.2, -0.15) is 0 Å². The Morgan fingerprint density at radius 3 is 2.15 bits per heavy atom. The number of hydrogen-bond acceptors (Lipinski definition) is 1. The minimum atomic E-state index is -0.354. The van der Waals surface area contributed by atoms with Crippen LogP contribution in [0.3, 0.4) is 0 Å². The fraction of sp³-hybridized carbons (Fsp3) is 0.0323. The van der Waals surface area contributed by atoms with E-state index in [-0.39, 0.29) is 5.41 Å². The SMILES string of the molecule is BrC1=CC2(C3=Cc4c(Br)cc5c(oc6ccccc65)c4C3=C1)c1ccccc1-c1ccccc12. The zero-order chi connectivity index (χ0) is 22.6. The molecule has 0 atom stereocenters. The number of rotatable bonds is 0. The average molecular weight is 564 g/mol. The molecule has 8 rings (SSSR count). The molecule has 4 aromatic carbocycles. The van der Waals surface area contributed by atoms with Gasteiger partial charge in [-0.25, -0.2) is 0 Å². The van der Waals surface area contributed by atoms with Crippen molar-refractivity contribution in [3.8, 4) is 11.1 Å². The van der Waals surface area contributed by atoms with Crippen molar-refractivity contribution in [3.63, 3.8) is 0 Å². The van der Waals surface area contributed by atoms with Gasteiger partial charge in [-0.3, -0.25) is 0 Å². The number of benzene rings is 4. The standard InChI is InChI=1S/C31H16Br2O/c32-17-13-22-26(31(16-17)24-10-4-1-7-18(24)19-8-2-5-11-25(19)31)14-23-27(33)15-21-20-9-3-6-12-28(20)34-30(21)29(22)23/h1-16H. The number of para-hydroxylation sites is 1. The first kappa shape index (κ1) is 19.2. The predicted molar refractivity (Wildman–Crippen MR) is 147 cm³/mol. The van der Waals surface area contributed by atoms with E-state index < -0.39 is 0 Å². The monoisotopic (exact) mass is 562 g/mol. The number of allylic oxidation sites excluding steroid dienone is 5. The average Bonchev–Trinajstić information content (AvgIpc) is 3.50. The van der Waals surface area contributed by atoms with Crippen molar-refractivity contribution < 1.29 is 4.42 Å². The summed E-state index contributed by atoms with van der Waals surface area (Å²) in [5.74, 6) is 0. The van der Waals surface area contributed by atoms with Gasteiger partial charge in [0.25, 0.3) is 0 Å². The molecule has 0 bridgehead atoms. The lowest BCUT2D eigenvalue weighted by Crippen LogP contribution is -2.27. The lowest BCUT2D eigenvalue weighted by atomic mass is 9.68. The fourth-order valence-corrected chi connectivity index (χ4v) is 7.37. The Kier molecular flexibility index (Phi) is 3.67. The summed E-state index contributed by atoms with van der Waals surface area (Å²) < 4.78 is 8.67. The molecule has 1 nitrogen and oxygen atoms in total. The van der Waals surface area contributed by atoms with Crippen molar-refractivity contribution in [2.75, 3.05) is 0 Å². The fourth-order valence-electron chi connectivity index (χ4n) is 6.26. The van der Waals surface area contributed by atoms with Crippen molar-refractivity contribution in [1.82, 2.24) is 0 Å². The second-order valence-corrected chi connectivity index (χ2v) is 10.9. The summed E-state index contributed by atoms with van der Waals surface area (Å²) in [5.41, 5.74) is 11.7. The molecule has 3 aliphatic carbocycles. The third-order valence-electron chi connectivity index (χ3n) is 7.56. The van der Waals surface area contributed by atoms with Gasteiger partial charge < -0.3 is 4.42 Å². The Morgan fingerprint density at radius 2 is 1.38 bits per heavy atom. The van der Waals surface area contributed by atoms with Gasteiger partial charge in [-0.05, 0) is 57.7 Å². The molecule has 3 aliphatic rings. The van der Waals surface area contributed by atoms with Crippen molar-refractivity contribution in [2.45, 2.75) is 5.41 Å². The molecule has 0 amide bonds. The van der Waals surface area contributed by atoms with Gasteiger partial charge in [0.05, 0.1) is 5.41 Å². The zero-order valence-electron chi connectivity index (χ0n) is 17.9. The number of hydrogen-bond donors (Lipinski definition) is 0. The molecule has 1 heterocycles. The van der Waals surface area contributed by atoms with Crippen molar-refractivity contribution >= 4 is 65.4 Å². The quantitative estimate of drug-likeness (QED) is 0.183. The molecule has 0 N–H and O–H groups in total. The van der Waals surface area contributed by atoms with Gasteiger partial charge >= 0.3 is 0 Å². The second-order valence-electron chi connectivity index (χ2n) is 9.17. The van der Waals surface area contributed by atoms with Crippen LogP contribution in [-0.2, 0) is 5.41 Å². The topological polar surface area (TPSA) is 13.1 Å². The number of fused-ring (bicyclic) bond motifs is 13. The summed E-state index contributed by atoms with van der Waals surface area (Å²) in [6.07, 6.45) is 7.00. The van der Waals surface area contributed by atoms with Gasteiger partial charge in [-0.1, -0.05) is 105 Å². The van der Waals surface area contributed by atoms with Gasteiger partial charge in [0.1, 0.15) is 11.2 Å². The summed E-state index contributed by atoms with van der Waals surface area (Å²) in [6, 6.07) is 28.2. The van der Waals surface area contributed by atoms with Gasteiger partial charge in [0.2, 0.25) is 0 Å². The number of halogens is 2. The Morgan fingerprint density at radius 1 is 0.706 bits per heavy atom. The Bertz CT molecular complexity index is 1780. The minimum Gasteiger partial charge on any atom is -0.455 e. The van der Waals surface area contributed by atoms with E-state index in [2.05, 4.69) is 123 Å². The van der Waals surface area contributed by atoms with Crippen LogP contribution in [0.1, 0.15) is 22.3 Å². The molecule has 0 radical (unpaired) electrons. The van der Waals surface area contributed by atoms with Crippen LogP contribution in [0.4, 0.5) is 0 Å². The van der Waals surface area contributed by atoms with Crippen LogP contribution in [0, 0.1) is 0 Å². The van der Waals surface area contributed by atoms with E-state index in [1.807, 2.05) is 6.07 Å². The minimum absolute atomic E-state index is 0.354. The summed E-state index contributed by atoms with van der Waals surface area (Å²) in [6.45, 7) is 0. The maximum absolute atomic E-state index is 6.49. The highest BCUT2D eigenvalue weighted by molar-refractivity contribution is 9.12. The largest absolute Gasteiger partial charge is 0.455 e. The Balaban J connectivity index is 1.50. The van der Waals surface area contributed by atoms with Gasteiger partial charge in [0, 0.05) is 30.9 Å². The molecule has 0 fully saturated rings. The van der Waals surface area contributed by atoms with E-state index in [1.165, 1.54) is 44.5 Å². The van der Waals surface area contributed by atoms with E-state index in [4.69, 9.17) is 4.42 Å².